The first kappa shape index (κ1) is 13.7. The number of ether oxygens (including phenoxy) is 1. The second kappa shape index (κ2) is 5.08. The third-order valence-electron chi connectivity index (χ3n) is 2.86. The molecule has 104 valence electrons. The Labute approximate surface area is 112 Å². The number of methoxy groups -OCH3 is 1. The second-order valence-corrected chi connectivity index (χ2v) is 6.15. The van der Waals surface area contributed by atoms with Gasteiger partial charge in [-0.1, -0.05) is 0 Å². The lowest BCUT2D eigenvalue weighted by Crippen LogP contribution is -2.25. The average Bonchev–Trinajstić information content (AvgIpc) is 2.73. The lowest BCUT2D eigenvalue weighted by molar-refractivity contribution is -0.117. The number of rotatable bonds is 4. The average molecular weight is 284 g/mol. The predicted molar refractivity (Wildman–Crippen MR) is 73.0 cm³/mol. The highest BCUT2D eigenvalue weighted by atomic mass is 32.2. The highest BCUT2D eigenvalue weighted by molar-refractivity contribution is 7.92. The Kier molecular flexibility index (Phi) is 3.66. The molecule has 7 heteroatoms. The van der Waals surface area contributed by atoms with Crippen molar-refractivity contribution >= 4 is 27.3 Å². The predicted octanol–water partition coefficient (Wildman–Crippen LogP) is 1.19. The third-order valence-corrected chi connectivity index (χ3v) is 3.45. The maximum atomic E-state index is 11.8. The van der Waals surface area contributed by atoms with Crippen molar-refractivity contribution in [3.63, 3.8) is 0 Å². The molecule has 1 heterocycles. The van der Waals surface area contributed by atoms with Crippen molar-refractivity contribution in [2.45, 2.75) is 12.8 Å². The van der Waals surface area contributed by atoms with E-state index in [-0.39, 0.29) is 5.91 Å². The van der Waals surface area contributed by atoms with Crippen molar-refractivity contribution in [3.8, 4) is 5.75 Å². The van der Waals surface area contributed by atoms with E-state index in [0.29, 0.717) is 30.1 Å². The van der Waals surface area contributed by atoms with Crippen molar-refractivity contribution in [2.24, 2.45) is 0 Å². The number of nitrogens with zero attached hydrogens (tertiary/aromatic N) is 1. The monoisotopic (exact) mass is 284 g/mol. The summed E-state index contributed by atoms with van der Waals surface area (Å²) >= 11 is 0. The summed E-state index contributed by atoms with van der Waals surface area (Å²) in [6, 6.07) is 4.96. The van der Waals surface area contributed by atoms with E-state index >= 15 is 0 Å². The molecule has 0 atom stereocenters. The number of carbonyl (C=O) groups excluding carboxylic acids is 1. The van der Waals surface area contributed by atoms with Crippen LogP contribution in [0.3, 0.4) is 0 Å². The minimum atomic E-state index is -3.42. The number of nitrogens with one attached hydrogen (secondary N) is 1. The molecule has 0 radical (unpaired) electrons. The van der Waals surface area contributed by atoms with E-state index in [4.69, 9.17) is 4.74 Å². The van der Waals surface area contributed by atoms with Crippen molar-refractivity contribution < 1.29 is 17.9 Å². The number of benzene rings is 1. The Hall–Kier alpha value is -1.76. The maximum Gasteiger partial charge on any atom is 0.229 e. The molecule has 0 bridgehead atoms. The van der Waals surface area contributed by atoms with Gasteiger partial charge in [0.05, 0.1) is 24.7 Å². The number of hydrogen-bond acceptors (Lipinski definition) is 4. The molecule has 1 fully saturated rings. The number of anilines is 2. The summed E-state index contributed by atoms with van der Waals surface area (Å²) in [6.07, 6.45) is 2.34. The van der Waals surface area contributed by atoms with Gasteiger partial charge in [0, 0.05) is 19.0 Å². The second-order valence-electron chi connectivity index (χ2n) is 4.41. The highest BCUT2D eigenvalue weighted by Gasteiger charge is 2.24. The van der Waals surface area contributed by atoms with Crippen LogP contribution < -0.4 is 14.4 Å². The normalized spacial score (nSPS) is 15.7. The van der Waals surface area contributed by atoms with Crippen molar-refractivity contribution in [3.05, 3.63) is 18.2 Å². The van der Waals surface area contributed by atoms with E-state index < -0.39 is 10.0 Å². The maximum absolute atomic E-state index is 11.8. The van der Waals surface area contributed by atoms with Crippen LogP contribution in [-0.2, 0) is 14.8 Å². The summed E-state index contributed by atoms with van der Waals surface area (Å²) in [5.41, 5.74) is 0.922. The molecule has 19 heavy (non-hydrogen) atoms. The molecule has 0 unspecified atom stereocenters. The van der Waals surface area contributed by atoms with Crippen molar-refractivity contribution in [2.75, 3.05) is 29.5 Å². The van der Waals surface area contributed by atoms with Crippen LogP contribution in [0.1, 0.15) is 12.8 Å². The summed E-state index contributed by atoms with van der Waals surface area (Å²) < 4.78 is 30.3. The molecule has 1 saturated heterocycles. The van der Waals surface area contributed by atoms with Crippen LogP contribution >= 0.6 is 0 Å². The first-order valence-electron chi connectivity index (χ1n) is 5.87. The molecule has 1 aliphatic heterocycles. The van der Waals surface area contributed by atoms with Gasteiger partial charge >= 0.3 is 0 Å². The van der Waals surface area contributed by atoms with E-state index in [0.717, 1.165) is 12.7 Å². The van der Waals surface area contributed by atoms with Gasteiger partial charge in [0.2, 0.25) is 15.9 Å². The van der Waals surface area contributed by atoms with Crippen LogP contribution in [0.25, 0.3) is 0 Å². The van der Waals surface area contributed by atoms with Gasteiger partial charge in [-0.2, -0.15) is 0 Å². The fourth-order valence-corrected chi connectivity index (χ4v) is 2.62. The molecule has 0 saturated carbocycles. The van der Waals surface area contributed by atoms with E-state index in [1.807, 2.05) is 0 Å². The molecule has 1 N–H and O–H groups in total. The van der Waals surface area contributed by atoms with Crippen LogP contribution in [0, 0.1) is 0 Å². The van der Waals surface area contributed by atoms with Crippen molar-refractivity contribution in [1.29, 1.82) is 0 Å². The molecular weight excluding hydrogens is 268 g/mol. The Morgan fingerprint density at radius 2 is 2.11 bits per heavy atom. The Bertz CT molecular complexity index is 598. The minimum absolute atomic E-state index is 0.00159. The molecule has 1 aromatic carbocycles. The summed E-state index contributed by atoms with van der Waals surface area (Å²) in [6.45, 7) is 0.601. The van der Waals surface area contributed by atoms with Crippen LogP contribution in [-0.4, -0.2) is 34.2 Å². The molecule has 1 aliphatic rings. The van der Waals surface area contributed by atoms with Gasteiger partial charge in [0.1, 0.15) is 5.75 Å². The summed E-state index contributed by atoms with van der Waals surface area (Å²) in [4.78, 5) is 13.4. The van der Waals surface area contributed by atoms with E-state index in [1.54, 1.807) is 23.1 Å². The molecule has 1 amide bonds. The van der Waals surface area contributed by atoms with Crippen LogP contribution in [0.4, 0.5) is 11.4 Å². The first-order chi connectivity index (χ1) is 8.90. The SMILES string of the molecule is COc1ccc(N2CCCC2=O)c(NS(C)(=O)=O)c1. The molecule has 0 aromatic heterocycles. The van der Waals surface area contributed by atoms with Crippen LogP contribution in [0.5, 0.6) is 5.75 Å². The fraction of sp³-hybridized carbons (Fsp3) is 0.417. The standard InChI is InChI=1S/C12H16N2O4S/c1-18-9-5-6-11(14-7-3-4-12(14)15)10(8-9)13-19(2,16)17/h5-6,8,13H,3-4,7H2,1-2H3. The molecule has 6 nitrogen and oxygen atoms in total. The van der Waals surface area contributed by atoms with Gasteiger partial charge in [-0.15, -0.1) is 0 Å². The van der Waals surface area contributed by atoms with Gasteiger partial charge in [-0.25, -0.2) is 8.42 Å². The lowest BCUT2D eigenvalue weighted by Gasteiger charge is -2.20. The third kappa shape index (κ3) is 3.17. The molecule has 0 spiro atoms. The van der Waals surface area contributed by atoms with Gasteiger partial charge in [0.15, 0.2) is 0 Å². The quantitative estimate of drug-likeness (QED) is 0.901. The van der Waals surface area contributed by atoms with Crippen LogP contribution in [0.2, 0.25) is 0 Å². The van der Waals surface area contributed by atoms with E-state index in [2.05, 4.69) is 4.72 Å². The zero-order valence-electron chi connectivity index (χ0n) is 10.8. The Morgan fingerprint density at radius 1 is 1.37 bits per heavy atom. The number of amides is 1. The molecular formula is C12H16N2O4S. The van der Waals surface area contributed by atoms with Gasteiger partial charge in [-0.3, -0.25) is 9.52 Å². The lowest BCUT2D eigenvalue weighted by atomic mass is 10.2. The van der Waals surface area contributed by atoms with Gasteiger partial charge < -0.3 is 9.64 Å². The largest absolute Gasteiger partial charge is 0.497 e. The smallest absolute Gasteiger partial charge is 0.229 e. The number of sulfonamides is 1. The molecule has 0 aliphatic carbocycles. The summed E-state index contributed by atoms with van der Waals surface area (Å²) in [7, 11) is -1.91. The van der Waals surface area contributed by atoms with E-state index in [1.165, 1.54) is 7.11 Å². The zero-order valence-corrected chi connectivity index (χ0v) is 11.7. The summed E-state index contributed by atoms with van der Waals surface area (Å²) in [5, 5.41) is 0. The van der Waals surface area contributed by atoms with Crippen LogP contribution in [0.15, 0.2) is 18.2 Å². The summed E-state index contributed by atoms with van der Waals surface area (Å²) in [5.74, 6) is 0.531. The Morgan fingerprint density at radius 3 is 2.63 bits per heavy atom. The molecule has 1 aromatic rings. The fourth-order valence-electron chi connectivity index (χ4n) is 2.06. The van der Waals surface area contributed by atoms with Crippen molar-refractivity contribution in [1.82, 2.24) is 0 Å². The number of hydrogen-bond donors (Lipinski definition) is 1. The number of carbonyl (C=O) groups is 1. The molecule has 2 rings (SSSR count). The highest BCUT2D eigenvalue weighted by Crippen LogP contribution is 2.33. The van der Waals surface area contributed by atoms with Gasteiger partial charge in [0.25, 0.3) is 0 Å². The zero-order chi connectivity index (χ0) is 14.0. The minimum Gasteiger partial charge on any atom is -0.497 e. The topological polar surface area (TPSA) is 75.7 Å². The Balaban J connectivity index is 2.44. The van der Waals surface area contributed by atoms with E-state index in [9.17, 15) is 13.2 Å². The first-order valence-corrected chi connectivity index (χ1v) is 7.76. The van der Waals surface area contributed by atoms with Gasteiger partial charge in [-0.05, 0) is 18.6 Å².